The third-order valence-corrected chi connectivity index (χ3v) is 4.54. The van der Waals surface area contributed by atoms with Crippen molar-refractivity contribution in [2.45, 2.75) is 46.1 Å². The zero-order valence-electron chi connectivity index (χ0n) is 15.4. The fourth-order valence-corrected chi connectivity index (χ4v) is 3.19. The highest BCUT2D eigenvalue weighted by Gasteiger charge is 2.16. The minimum atomic E-state index is 0.185. The van der Waals surface area contributed by atoms with Crippen LogP contribution in [0, 0.1) is 0 Å². The molecule has 3 aromatic rings. The van der Waals surface area contributed by atoms with E-state index in [-0.39, 0.29) is 5.41 Å². The molecule has 0 saturated carbocycles. The number of benzene rings is 3. The van der Waals surface area contributed by atoms with Gasteiger partial charge in [0.1, 0.15) is 0 Å². The molecular formula is C23H27N. The van der Waals surface area contributed by atoms with E-state index in [0.717, 1.165) is 0 Å². The lowest BCUT2D eigenvalue weighted by atomic mass is 9.87. The van der Waals surface area contributed by atoms with Gasteiger partial charge < -0.3 is 4.90 Å². The molecule has 1 heteroatoms. The third-order valence-electron chi connectivity index (χ3n) is 4.54. The third kappa shape index (κ3) is 3.31. The number of hydrogen-bond acceptors (Lipinski definition) is 1. The van der Waals surface area contributed by atoms with E-state index in [2.05, 4.69) is 106 Å². The van der Waals surface area contributed by atoms with Crippen LogP contribution in [0.3, 0.4) is 0 Å². The van der Waals surface area contributed by atoms with E-state index in [0.29, 0.717) is 6.04 Å². The molecule has 0 aliphatic carbocycles. The van der Waals surface area contributed by atoms with Crippen LogP contribution in [0.1, 0.15) is 40.2 Å². The molecule has 0 fully saturated rings. The number of nitrogens with zero attached hydrogens (tertiary/aromatic N) is 1. The second-order valence-corrected chi connectivity index (χ2v) is 7.79. The maximum absolute atomic E-state index is 2.40. The zero-order chi connectivity index (χ0) is 17.3. The zero-order valence-corrected chi connectivity index (χ0v) is 15.4. The van der Waals surface area contributed by atoms with E-state index in [1.165, 1.54) is 27.7 Å². The molecule has 3 rings (SSSR count). The molecular weight excluding hydrogens is 290 g/mol. The summed E-state index contributed by atoms with van der Waals surface area (Å²) in [5.74, 6) is 0. The van der Waals surface area contributed by atoms with E-state index in [1.54, 1.807) is 0 Å². The van der Waals surface area contributed by atoms with Crippen molar-refractivity contribution in [1.82, 2.24) is 0 Å². The van der Waals surface area contributed by atoms with Crippen molar-refractivity contribution >= 4 is 22.1 Å². The summed E-state index contributed by atoms with van der Waals surface area (Å²) in [5, 5.41) is 2.57. The molecule has 0 saturated heterocycles. The summed E-state index contributed by atoms with van der Waals surface area (Å²) in [4.78, 5) is 2.40. The molecule has 0 radical (unpaired) electrons. The summed E-state index contributed by atoms with van der Waals surface area (Å²) >= 11 is 0. The Balaban J connectivity index is 2.02. The highest BCUT2D eigenvalue weighted by Crippen LogP contribution is 2.32. The number of anilines is 2. The summed E-state index contributed by atoms with van der Waals surface area (Å²) in [5.41, 5.74) is 4.04. The molecule has 0 aliphatic heterocycles. The summed E-state index contributed by atoms with van der Waals surface area (Å²) in [6.07, 6.45) is 0. The number of fused-ring (bicyclic) bond motifs is 1. The molecule has 3 aromatic carbocycles. The Kier molecular flexibility index (Phi) is 4.36. The van der Waals surface area contributed by atoms with E-state index in [4.69, 9.17) is 0 Å². The minimum Gasteiger partial charge on any atom is -0.339 e. The minimum absolute atomic E-state index is 0.185. The topological polar surface area (TPSA) is 3.24 Å². The normalized spacial score (nSPS) is 11.9. The van der Waals surface area contributed by atoms with Crippen LogP contribution in [0.4, 0.5) is 11.4 Å². The van der Waals surface area contributed by atoms with Crippen LogP contribution in [-0.4, -0.2) is 6.04 Å². The van der Waals surface area contributed by atoms with Crippen molar-refractivity contribution in [2.75, 3.05) is 4.90 Å². The fraction of sp³-hybridized carbons (Fsp3) is 0.304. The van der Waals surface area contributed by atoms with Gasteiger partial charge in [0, 0.05) is 17.4 Å². The highest BCUT2D eigenvalue weighted by molar-refractivity contribution is 5.87. The van der Waals surface area contributed by atoms with Crippen molar-refractivity contribution in [3.8, 4) is 0 Å². The van der Waals surface area contributed by atoms with E-state index >= 15 is 0 Å². The summed E-state index contributed by atoms with van der Waals surface area (Å²) in [7, 11) is 0. The molecule has 124 valence electrons. The van der Waals surface area contributed by atoms with Gasteiger partial charge in [-0.25, -0.2) is 0 Å². The first-order chi connectivity index (χ1) is 11.4. The summed E-state index contributed by atoms with van der Waals surface area (Å²) in [6.45, 7) is 11.3. The second-order valence-electron chi connectivity index (χ2n) is 7.79. The summed E-state index contributed by atoms with van der Waals surface area (Å²) < 4.78 is 0. The molecule has 24 heavy (non-hydrogen) atoms. The van der Waals surface area contributed by atoms with Gasteiger partial charge in [-0.15, -0.1) is 0 Å². The van der Waals surface area contributed by atoms with Crippen LogP contribution in [0.25, 0.3) is 10.8 Å². The maximum atomic E-state index is 2.40. The van der Waals surface area contributed by atoms with Crippen molar-refractivity contribution in [3.63, 3.8) is 0 Å². The average molecular weight is 317 g/mol. The maximum Gasteiger partial charge on any atom is 0.0419 e. The number of hydrogen-bond donors (Lipinski definition) is 0. The van der Waals surface area contributed by atoms with Gasteiger partial charge in [0.05, 0.1) is 0 Å². The van der Waals surface area contributed by atoms with Crippen molar-refractivity contribution in [1.29, 1.82) is 0 Å². The predicted molar refractivity (Wildman–Crippen MR) is 106 cm³/mol. The Morgan fingerprint density at radius 2 is 1.29 bits per heavy atom. The van der Waals surface area contributed by atoms with Gasteiger partial charge in [-0.05, 0) is 59.9 Å². The Bertz CT molecular complexity index is 823. The second kappa shape index (κ2) is 6.32. The lowest BCUT2D eigenvalue weighted by molar-refractivity contribution is 0.590. The standard InChI is InChI=1S/C23H27N/c1-17(2)24(21-14-11-20(12-15-21)23(3,4)5)22-13-10-18-8-6-7-9-19(18)16-22/h6-17H,1-5H3. The van der Waals surface area contributed by atoms with Crippen LogP contribution in [-0.2, 0) is 5.41 Å². The molecule has 0 unspecified atom stereocenters. The van der Waals surface area contributed by atoms with Gasteiger partial charge in [0.25, 0.3) is 0 Å². The molecule has 0 spiro atoms. The van der Waals surface area contributed by atoms with Gasteiger partial charge in [-0.3, -0.25) is 0 Å². The summed E-state index contributed by atoms with van der Waals surface area (Å²) in [6, 6.07) is 24.7. The van der Waals surface area contributed by atoms with Crippen molar-refractivity contribution < 1.29 is 0 Å². The smallest absolute Gasteiger partial charge is 0.0419 e. The van der Waals surface area contributed by atoms with Gasteiger partial charge in [0.15, 0.2) is 0 Å². The molecule has 0 N–H and O–H groups in total. The first-order valence-corrected chi connectivity index (χ1v) is 8.75. The average Bonchev–Trinajstić information content (AvgIpc) is 2.54. The van der Waals surface area contributed by atoms with Crippen LogP contribution in [0.5, 0.6) is 0 Å². The van der Waals surface area contributed by atoms with Gasteiger partial charge >= 0.3 is 0 Å². The largest absolute Gasteiger partial charge is 0.339 e. The van der Waals surface area contributed by atoms with E-state index < -0.39 is 0 Å². The van der Waals surface area contributed by atoms with Gasteiger partial charge in [-0.1, -0.05) is 63.2 Å². The molecule has 0 aliphatic rings. The van der Waals surface area contributed by atoms with Crippen LogP contribution in [0.15, 0.2) is 66.7 Å². The predicted octanol–water partition coefficient (Wildman–Crippen LogP) is 6.68. The van der Waals surface area contributed by atoms with Gasteiger partial charge in [0.2, 0.25) is 0 Å². The highest BCUT2D eigenvalue weighted by atomic mass is 15.2. The molecule has 1 nitrogen and oxygen atoms in total. The molecule has 0 bridgehead atoms. The Labute approximate surface area is 145 Å². The number of rotatable bonds is 3. The first kappa shape index (κ1) is 16.6. The van der Waals surface area contributed by atoms with Crippen LogP contribution >= 0.6 is 0 Å². The molecule has 0 atom stereocenters. The van der Waals surface area contributed by atoms with Crippen molar-refractivity contribution in [2.24, 2.45) is 0 Å². The Morgan fingerprint density at radius 1 is 0.708 bits per heavy atom. The molecule has 0 aromatic heterocycles. The van der Waals surface area contributed by atoms with Crippen LogP contribution in [0.2, 0.25) is 0 Å². The SMILES string of the molecule is CC(C)N(c1ccc(C(C)(C)C)cc1)c1ccc2ccccc2c1. The fourth-order valence-electron chi connectivity index (χ4n) is 3.19. The lowest BCUT2D eigenvalue weighted by Crippen LogP contribution is -2.25. The molecule has 0 heterocycles. The molecule has 0 amide bonds. The van der Waals surface area contributed by atoms with Crippen molar-refractivity contribution in [3.05, 3.63) is 72.3 Å². The Hall–Kier alpha value is -2.28. The van der Waals surface area contributed by atoms with E-state index in [9.17, 15) is 0 Å². The van der Waals surface area contributed by atoms with E-state index in [1.807, 2.05) is 0 Å². The lowest BCUT2D eigenvalue weighted by Gasteiger charge is -2.30. The van der Waals surface area contributed by atoms with Crippen LogP contribution < -0.4 is 4.90 Å². The van der Waals surface area contributed by atoms with Gasteiger partial charge in [-0.2, -0.15) is 0 Å². The quantitative estimate of drug-likeness (QED) is 0.520. The Morgan fingerprint density at radius 3 is 1.88 bits per heavy atom. The first-order valence-electron chi connectivity index (χ1n) is 8.75. The monoisotopic (exact) mass is 317 g/mol.